The quantitative estimate of drug-likeness (QED) is 0.454. The van der Waals surface area contributed by atoms with Crippen LogP contribution in [0.5, 0.6) is 5.75 Å². The van der Waals surface area contributed by atoms with E-state index in [1.165, 1.54) is 36.0 Å². The average molecular weight is 419 g/mol. The van der Waals surface area contributed by atoms with Crippen LogP contribution >= 0.6 is 35.0 Å². The van der Waals surface area contributed by atoms with Crippen LogP contribution in [-0.2, 0) is 0 Å². The van der Waals surface area contributed by atoms with Crippen molar-refractivity contribution in [3.05, 3.63) is 58.7 Å². The Kier molecular flexibility index (Phi) is 5.41. The minimum absolute atomic E-state index is 0.289. The van der Waals surface area contributed by atoms with Crippen molar-refractivity contribution in [1.29, 1.82) is 0 Å². The maximum atomic E-state index is 12.3. The zero-order valence-corrected chi connectivity index (χ0v) is 15.5. The number of nitrogens with zero attached hydrogens (tertiary/aromatic N) is 2. The van der Waals surface area contributed by atoms with Gasteiger partial charge in [-0.2, -0.15) is 0 Å². The predicted octanol–water partition coefficient (Wildman–Crippen LogP) is 6.47. The highest BCUT2D eigenvalue weighted by molar-refractivity contribution is 7.98. The summed E-state index contributed by atoms with van der Waals surface area (Å²) < 4.78 is 42.7. The Hall–Kier alpha value is -1.83. The molecule has 0 amide bonds. The summed E-state index contributed by atoms with van der Waals surface area (Å²) in [6.07, 6.45) is -1.20. The van der Waals surface area contributed by atoms with Crippen molar-refractivity contribution < 1.29 is 17.9 Å². The third-order valence-corrected chi connectivity index (χ3v) is 4.85. The first-order chi connectivity index (χ1) is 12.3. The Labute approximate surface area is 161 Å². The van der Waals surface area contributed by atoms with Crippen LogP contribution in [0.3, 0.4) is 0 Å². The van der Waals surface area contributed by atoms with Crippen LogP contribution in [0.15, 0.2) is 53.8 Å². The summed E-state index contributed by atoms with van der Waals surface area (Å²) >= 11 is 13.5. The summed E-state index contributed by atoms with van der Waals surface area (Å²) in [5.74, 6) is -0.289. The minimum atomic E-state index is -4.73. The molecule has 0 fully saturated rings. The van der Waals surface area contributed by atoms with Crippen molar-refractivity contribution in [3.63, 3.8) is 0 Å². The van der Waals surface area contributed by atoms with Crippen molar-refractivity contribution in [3.8, 4) is 22.7 Å². The molecule has 0 bridgehead atoms. The van der Waals surface area contributed by atoms with Crippen LogP contribution in [-0.4, -0.2) is 22.2 Å². The van der Waals surface area contributed by atoms with Gasteiger partial charge >= 0.3 is 6.36 Å². The van der Waals surface area contributed by atoms with E-state index in [1.54, 1.807) is 24.4 Å². The van der Waals surface area contributed by atoms with Gasteiger partial charge in [0.15, 0.2) is 5.16 Å². The van der Waals surface area contributed by atoms with E-state index in [9.17, 15) is 13.2 Å². The summed E-state index contributed by atoms with van der Waals surface area (Å²) in [5, 5.41) is 1.51. The largest absolute Gasteiger partial charge is 0.573 e. The molecule has 0 unspecified atom stereocenters. The first kappa shape index (κ1) is 18.9. The number of hydrogen-bond acceptors (Lipinski definition) is 3. The van der Waals surface area contributed by atoms with E-state index in [-0.39, 0.29) is 5.75 Å². The van der Waals surface area contributed by atoms with Gasteiger partial charge in [-0.15, -0.1) is 13.2 Å². The molecule has 2 aromatic carbocycles. The fraction of sp³-hybridized carbons (Fsp3) is 0.118. The lowest BCUT2D eigenvalue weighted by Crippen LogP contribution is -2.17. The van der Waals surface area contributed by atoms with Gasteiger partial charge < -0.3 is 4.74 Å². The highest BCUT2D eigenvalue weighted by Crippen LogP contribution is 2.33. The predicted molar refractivity (Wildman–Crippen MR) is 97.5 cm³/mol. The number of imidazole rings is 1. The fourth-order valence-electron chi connectivity index (χ4n) is 2.38. The SMILES string of the molecule is CSc1ncc(-c2ccc(Cl)c(Cl)c2)n1-c1ccc(OC(F)(F)F)cc1. The molecule has 1 heterocycles. The summed E-state index contributed by atoms with van der Waals surface area (Å²) in [6.45, 7) is 0. The highest BCUT2D eigenvalue weighted by Gasteiger charge is 2.31. The standard InChI is InChI=1S/C17H11Cl2F3N2OS/c1-26-16-23-9-15(10-2-7-13(18)14(19)8-10)24(16)11-3-5-12(6-4-11)25-17(20,21)22/h2-9H,1H3. The normalized spacial score (nSPS) is 11.6. The lowest BCUT2D eigenvalue weighted by molar-refractivity contribution is -0.274. The number of alkyl halides is 3. The van der Waals surface area contributed by atoms with Gasteiger partial charge in [0.25, 0.3) is 0 Å². The van der Waals surface area contributed by atoms with Crippen molar-refractivity contribution >= 4 is 35.0 Å². The van der Waals surface area contributed by atoms with E-state index < -0.39 is 6.36 Å². The number of thioether (sulfide) groups is 1. The van der Waals surface area contributed by atoms with Crippen molar-refractivity contribution in [2.24, 2.45) is 0 Å². The molecule has 0 radical (unpaired) electrons. The van der Waals surface area contributed by atoms with Crippen LogP contribution in [0, 0.1) is 0 Å². The molecular weight excluding hydrogens is 408 g/mol. The van der Waals surface area contributed by atoms with Crippen LogP contribution in [0.25, 0.3) is 16.9 Å². The fourth-order valence-corrected chi connectivity index (χ4v) is 3.23. The molecule has 0 N–H and O–H groups in total. The van der Waals surface area contributed by atoms with E-state index in [1.807, 2.05) is 10.8 Å². The van der Waals surface area contributed by atoms with Crippen LogP contribution in [0.4, 0.5) is 13.2 Å². The molecule has 3 rings (SSSR count). The van der Waals surface area contributed by atoms with Gasteiger partial charge in [0.2, 0.25) is 0 Å². The second kappa shape index (κ2) is 7.42. The molecule has 3 nitrogen and oxygen atoms in total. The van der Waals surface area contributed by atoms with Crippen LogP contribution in [0.1, 0.15) is 0 Å². The van der Waals surface area contributed by atoms with Gasteiger partial charge in [0, 0.05) is 11.3 Å². The third-order valence-electron chi connectivity index (χ3n) is 3.46. The molecule has 0 saturated heterocycles. The maximum absolute atomic E-state index is 12.3. The topological polar surface area (TPSA) is 27.1 Å². The van der Waals surface area contributed by atoms with Gasteiger partial charge in [-0.3, -0.25) is 4.57 Å². The zero-order valence-electron chi connectivity index (χ0n) is 13.2. The monoisotopic (exact) mass is 418 g/mol. The van der Waals surface area contributed by atoms with Crippen LogP contribution < -0.4 is 4.74 Å². The van der Waals surface area contributed by atoms with Gasteiger partial charge in [0.1, 0.15) is 5.75 Å². The highest BCUT2D eigenvalue weighted by atomic mass is 35.5. The lowest BCUT2D eigenvalue weighted by Gasteiger charge is -2.13. The number of hydrogen-bond donors (Lipinski definition) is 0. The second-order valence-electron chi connectivity index (χ2n) is 5.14. The smallest absolute Gasteiger partial charge is 0.406 e. The third kappa shape index (κ3) is 4.11. The molecule has 9 heteroatoms. The first-order valence-corrected chi connectivity index (χ1v) is 9.20. The molecular formula is C17H11Cl2F3N2OS. The number of ether oxygens (including phenoxy) is 1. The number of halogens is 5. The zero-order chi connectivity index (χ0) is 18.9. The Morgan fingerprint density at radius 1 is 1.04 bits per heavy atom. The summed E-state index contributed by atoms with van der Waals surface area (Å²) in [7, 11) is 0. The molecule has 3 aromatic rings. The van der Waals surface area contributed by atoms with Gasteiger partial charge in [0.05, 0.1) is 21.9 Å². The summed E-state index contributed by atoms with van der Waals surface area (Å²) in [4.78, 5) is 4.36. The Morgan fingerprint density at radius 2 is 1.73 bits per heavy atom. The van der Waals surface area contributed by atoms with Gasteiger partial charge in [-0.05, 0) is 42.7 Å². The molecule has 0 aliphatic rings. The second-order valence-corrected chi connectivity index (χ2v) is 6.72. The molecule has 0 atom stereocenters. The average Bonchev–Trinajstić information content (AvgIpc) is 3.00. The molecule has 0 aliphatic carbocycles. The maximum Gasteiger partial charge on any atom is 0.573 e. The first-order valence-electron chi connectivity index (χ1n) is 7.22. The molecule has 0 aliphatic heterocycles. The van der Waals surface area contributed by atoms with E-state index >= 15 is 0 Å². The number of rotatable bonds is 4. The van der Waals surface area contributed by atoms with E-state index in [0.717, 1.165) is 11.3 Å². The van der Waals surface area contributed by atoms with Crippen molar-refractivity contribution in [2.75, 3.05) is 6.26 Å². The Morgan fingerprint density at radius 3 is 2.31 bits per heavy atom. The minimum Gasteiger partial charge on any atom is -0.406 e. The van der Waals surface area contributed by atoms with Gasteiger partial charge in [-0.1, -0.05) is 41.0 Å². The molecule has 0 saturated carbocycles. The van der Waals surface area contributed by atoms with Crippen molar-refractivity contribution in [2.45, 2.75) is 11.5 Å². The molecule has 136 valence electrons. The molecule has 26 heavy (non-hydrogen) atoms. The summed E-state index contributed by atoms with van der Waals surface area (Å²) in [6, 6.07) is 10.8. The Bertz CT molecular complexity index is 927. The summed E-state index contributed by atoms with van der Waals surface area (Å²) in [5.41, 5.74) is 2.16. The number of benzene rings is 2. The lowest BCUT2D eigenvalue weighted by atomic mass is 10.1. The van der Waals surface area contributed by atoms with Gasteiger partial charge in [-0.25, -0.2) is 4.98 Å². The van der Waals surface area contributed by atoms with Crippen LogP contribution in [0.2, 0.25) is 10.0 Å². The Balaban J connectivity index is 2.04. The van der Waals surface area contributed by atoms with E-state index in [4.69, 9.17) is 23.2 Å². The molecule has 1 aromatic heterocycles. The van der Waals surface area contributed by atoms with Crippen molar-refractivity contribution in [1.82, 2.24) is 9.55 Å². The van der Waals surface area contributed by atoms with E-state index in [0.29, 0.717) is 20.9 Å². The molecule has 0 spiro atoms. The van der Waals surface area contributed by atoms with E-state index in [2.05, 4.69) is 9.72 Å². The number of aromatic nitrogens is 2.